The van der Waals surface area contributed by atoms with E-state index >= 15 is 0 Å². The number of carbonyl (C=O) groups is 1. The Balaban J connectivity index is 3.65. The standard InChI is InChI=1S/C10H6F6O3/c1-19-8(18)4-2-3-5(9(11,12)13)7(17)6(4)10(14,15)16/h2-3,17H,1H3. The Morgan fingerprint density at radius 1 is 1.11 bits per heavy atom. The average Bonchev–Trinajstić information content (AvgIpc) is 2.23. The molecule has 0 fully saturated rings. The lowest BCUT2D eigenvalue weighted by atomic mass is 10.0. The zero-order chi connectivity index (χ0) is 15.0. The van der Waals surface area contributed by atoms with Crippen molar-refractivity contribution in [3.63, 3.8) is 0 Å². The van der Waals surface area contributed by atoms with E-state index < -0.39 is 40.8 Å². The fraction of sp³-hybridized carbons (Fsp3) is 0.300. The molecule has 0 aromatic heterocycles. The number of aromatic hydroxyl groups is 1. The molecule has 0 aliphatic heterocycles. The molecule has 1 aromatic carbocycles. The smallest absolute Gasteiger partial charge is 0.420 e. The van der Waals surface area contributed by atoms with E-state index in [1.54, 1.807) is 0 Å². The average molecular weight is 288 g/mol. The molecule has 1 aromatic rings. The molecule has 0 amide bonds. The van der Waals surface area contributed by atoms with Crippen molar-refractivity contribution in [2.75, 3.05) is 7.11 Å². The molecule has 9 heteroatoms. The fourth-order valence-corrected chi connectivity index (χ4v) is 1.39. The first kappa shape index (κ1) is 15.1. The molecule has 0 saturated heterocycles. The van der Waals surface area contributed by atoms with Gasteiger partial charge in [0.05, 0.1) is 18.2 Å². The summed E-state index contributed by atoms with van der Waals surface area (Å²) in [6, 6.07) is 0.480. The predicted molar refractivity (Wildman–Crippen MR) is 49.5 cm³/mol. The van der Waals surface area contributed by atoms with Crippen LogP contribution in [0.15, 0.2) is 12.1 Å². The van der Waals surface area contributed by atoms with Crippen molar-refractivity contribution in [1.82, 2.24) is 0 Å². The lowest BCUT2D eigenvalue weighted by Gasteiger charge is -2.17. The largest absolute Gasteiger partial charge is 0.507 e. The molecule has 0 bridgehead atoms. The minimum atomic E-state index is -5.34. The van der Waals surface area contributed by atoms with E-state index in [-0.39, 0.29) is 6.07 Å². The Hall–Kier alpha value is -1.93. The zero-order valence-corrected chi connectivity index (χ0v) is 9.19. The fourth-order valence-electron chi connectivity index (χ4n) is 1.39. The van der Waals surface area contributed by atoms with E-state index in [4.69, 9.17) is 5.11 Å². The second kappa shape index (κ2) is 4.63. The first-order valence-electron chi connectivity index (χ1n) is 4.58. The number of benzene rings is 1. The molecule has 0 saturated carbocycles. The lowest BCUT2D eigenvalue weighted by molar-refractivity contribution is -0.145. The van der Waals surface area contributed by atoms with Gasteiger partial charge >= 0.3 is 18.3 Å². The number of esters is 1. The molecule has 1 rings (SSSR count). The lowest BCUT2D eigenvalue weighted by Crippen LogP contribution is -2.17. The van der Waals surface area contributed by atoms with Gasteiger partial charge in [-0.15, -0.1) is 0 Å². The molecule has 106 valence electrons. The third-order valence-corrected chi connectivity index (χ3v) is 2.17. The van der Waals surface area contributed by atoms with Gasteiger partial charge in [0.2, 0.25) is 0 Å². The summed E-state index contributed by atoms with van der Waals surface area (Å²) < 4.78 is 79.1. The van der Waals surface area contributed by atoms with Crippen LogP contribution in [0.3, 0.4) is 0 Å². The normalized spacial score (nSPS) is 12.4. The van der Waals surface area contributed by atoms with Gasteiger partial charge in [-0.05, 0) is 12.1 Å². The third-order valence-electron chi connectivity index (χ3n) is 2.17. The quantitative estimate of drug-likeness (QED) is 0.637. The van der Waals surface area contributed by atoms with Crippen molar-refractivity contribution in [1.29, 1.82) is 0 Å². The molecule has 0 atom stereocenters. The number of methoxy groups -OCH3 is 1. The van der Waals surface area contributed by atoms with Crippen LogP contribution in [0.4, 0.5) is 26.3 Å². The van der Waals surface area contributed by atoms with Crippen molar-refractivity contribution >= 4 is 5.97 Å². The van der Waals surface area contributed by atoms with E-state index in [2.05, 4.69) is 4.74 Å². The molecule has 0 radical (unpaired) electrons. The maximum absolute atomic E-state index is 12.6. The van der Waals surface area contributed by atoms with Gasteiger partial charge in [0.25, 0.3) is 0 Å². The Bertz CT molecular complexity index is 503. The minimum absolute atomic E-state index is 0.177. The maximum atomic E-state index is 12.6. The Kier molecular flexibility index (Phi) is 3.69. The predicted octanol–water partition coefficient (Wildman–Crippen LogP) is 3.22. The monoisotopic (exact) mass is 288 g/mol. The molecule has 0 aliphatic rings. The van der Waals surface area contributed by atoms with Gasteiger partial charge in [-0.25, -0.2) is 4.79 Å². The highest BCUT2D eigenvalue weighted by atomic mass is 19.4. The molecule has 19 heavy (non-hydrogen) atoms. The number of phenols is 1. The zero-order valence-electron chi connectivity index (χ0n) is 9.19. The van der Waals surface area contributed by atoms with Crippen LogP contribution in [0.1, 0.15) is 21.5 Å². The number of ether oxygens (including phenoxy) is 1. The van der Waals surface area contributed by atoms with E-state index in [0.29, 0.717) is 6.07 Å². The molecular formula is C10H6F6O3. The Labute approximate surface area is 102 Å². The van der Waals surface area contributed by atoms with Crippen LogP contribution < -0.4 is 0 Å². The van der Waals surface area contributed by atoms with Crippen molar-refractivity contribution in [3.05, 3.63) is 28.8 Å². The van der Waals surface area contributed by atoms with E-state index in [0.717, 1.165) is 7.11 Å². The summed E-state index contributed by atoms with van der Waals surface area (Å²) >= 11 is 0. The first-order chi connectivity index (χ1) is 8.50. The van der Waals surface area contributed by atoms with Crippen LogP contribution in [0.2, 0.25) is 0 Å². The number of phenolic OH excluding ortho intramolecular Hbond substituents is 1. The van der Waals surface area contributed by atoms with Crippen molar-refractivity contribution in [3.8, 4) is 5.75 Å². The summed E-state index contributed by atoms with van der Waals surface area (Å²) in [6.07, 6.45) is -10.5. The number of hydrogen-bond acceptors (Lipinski definition) is 3. The van der Waals surface area contributed by atoms with Crippen LogP contribution in [0.5, 0.6) is 5.75 Å². The van der Waals surface area contributed by atoms with Gasteiger partial charge in [0, 0.05) is 0 Å². The summed E-state index contributed by atoms with van der Waals surface area (Å²) in [5.41, 5.74) is -5.15. The molecule has 0 aliphatic carbocycles. The van der Waals surface area contributed by atoms with Crippen LogP contribution in [0, 0.1) is 0 Å². The van der Waals surface area contributed by atoms with Crippen molar-refractivity contribution in [2.24, 2.45) is 0 Å². The van der Waals surface area contributed by atoms with Gasteiger partial charge < -0.3 is 9.84 Å². The molecule has 0 heterocycles. The van der Waals surface area contributed by atoms with E-state index in [9.17, 15) is 31.1 Å². The highest BCUT2D eigenvalue weighted by Crippen LogP contribution is 2.45. The first-order valence-corrected chi connectivity index (χ1v) is 4.58. The van der Waals surface area contributed by atoms with Gasteiger partial charge in [-0.2, -0.15) is 26.3 Å². The van der Waals surface area contributed by atoms with Gasteiger partial charge in [0.15, 0.2) is 0 Å². The van der Waals surface area contributed by atoms with Gasteiger partial charge in [-0.3, -0.25) is 0 Å². The summed E-state index contributed by atoms with van der Waals surface area (Å²) in [4.78, 5) is 11.1. The molecule has 0 unspecified atom stereocenters. The topological polar surface area (TPSA) is 46.5 Å². The summed E-state index contributed by atoms with van der Waals surface area (Å²) in [5, 5.41) is 9.14. The van der Waals surface area contributed by atoms with Crippen LogP contribution in [-0.2, 0) is 17.1 Å². The second-order valence-corrected chi connectivity index (χ2v) is 3.37. The van der Waals surface area contributed by atoms with E-state index in [1.807, 2.05) is 0 Å². The maximum Gasteiger partial charge on any atom is 0.420 e. The minimum Gasteiger partial charge on any atom is -0.507 e. The summed E-state index contributed by atoms with van der Waals surface area (Å²) in [7, 11) is 0.761. The highest BCUT2D eigenvalue weighted by Gasteiger charge is 2.44. The van der Waals surface area contributed by atoms with Gasteiger partial charge in [-0.1, -0.05) is 0 Å². The van der Waals surface area contributed by atoms with Gasteiger partial charge in [0.1, 0.15) is 11.3 Å². The number of alkyl halides is 6. The molecular weight excluding hydrogens is 282 g/mol. The molecule has 3 nitrogen and oxygen atoms in total. The van der Waals surface area contributed by atoms with Crippen LogP contribution in [0.25, 0.3) is 0 Å². The number of hydrogen-bond donors (Lipinski definition) is 1. The van der Waals surface area contributed by atoms with Crippen LogP contribution in [-0.4, -0.2) is 18.2 Å². The van der Waals surface area contributed by atoms with Crippen molar-refractivity contribution < 1.29 is 41.0 Å². The van der Waals surface area contributed by atoms with Crippen LogP contribution >= 0.6 is 0 Å². The number of rotatable bonds is 1. The third kappa shape index (κ3) is 2.91. The molecule has 0 spiro atoms. The Morgan fingerprint density at radius 2 is 1.63 bits per heavy atom. The van der Waals surface area contributed by atoms with E-state index in [1.165, 1.54) is 0 Å². The van der Waals surface area contributed by atoms with Crippen molar-refractivity contribution in [2.45, 2.75) is 12.4 Å². The highest BCUT2D eigenvalue weighted by molar-refractivity contribution is 5.92. The molecule has 1 N–H and O–H groups in total. The SMILES string of the molecule is COC(=O)c1ccc(C(F)(F)F)c(O)c1C(F)(F)F. The number of halogens is 6. The summed E-state index contributed by atoms with van der Waals surface area (Å²) in [6.45, 7) is 0. The summed E-state index contributed by atoms with van der Waals surface area (Å²) in [5.74, 6) is -3.56. The second-order valence-electron chi connectivity index (χ2n) is 3.37. The Morgan fingerprint density at radius 3 is 2.00 bits per heavy atom. The number of carbonyl (C=O) groups excluding carboxylic acids is 1.